The Labute approximate surface area is 104 Å². The molecule has 0 amide bonds. The molecule has 0 aliphatic heterocycles. The van der Waals surface area contributed by atoms with Crippen LogP contribution in [0, 0.1) is 6.92 Å². The fourth-order valence-corrected chi connectivity index (χ4v) is 2.13. The number of phenols is 1. The zero-order chi connectivity index (χ0) is 11.5. The minimum atomic E-state index is 0.362. The van der Waals surface area contributed by atoms with Gasteiger partial charge in [-0.05, 0) is 30.2 Å². The smallest absolute Gasteiger partial charge is 0.119 e. The van der Waals surface area contributed by atoms with E-state index in [1.165, 1.54) is 11.1 Å². The lowest BCUT2D eigenvalue weighted by Gasteiger charge is -2.07. The maximum absolute atomic E-state index is 9.77. The van der Waals surface area contributed by atoms with Crippen molar-refractivity contribution in [1.82, 2.24) is 0 Å². The van der Waals surface area contributed by atoms with Crippen molar-refractivity contribution >= 4 is 15.9 Å². The number of hydrogen-bond acceptors (Lipinski definition) is 1. The van der Waals surface area contributed by atoms with Gasteiger partial charge in [-0.2, -0.15) is 0 Å². The Morgan fingerprint density at radius 1 is 1.06 bits per heavy atom. The highest BCUT2D eigenvalue weighted by atomic mass is 79.9. The van der Waals surface area contributed by atoms with Crippen molar-refractivity contribution in [3.8, 4) is 5.75 Å². The van der Waals surface area contributed by atoms with Crippen LogP contribution in [0.25, 0.3) is 0 Å². The zero-order valence-electron chi connectivity index (χ0n) is 9.07. The summed E-state index contributed by atoms with van der Waals surface area (Å²) in [5, 5.41) is 9.77. The monoisotopic (exact) mass is 276 g/mol. The molecule has 82 valence electrons. The number of aryl methyl sites for hydroxylation is 1. The summed E-state index contributed by atoms with van der Waals surface area (Å²) in [4.78, 5) is 0. The highest BCUT2D eigenvalue weighted by Gasteiger charge is 2.05. The van der Waals surface area contributed by atoms with Crippen LogP contribution in [0.4, 0.5) is 0 Å². The minimum absolute atomic E-state index is 0.362. The van der Waals surface area contributed by atoms with E-state index in [9.17, 15) is 5.11 Å². The van der Waals surface area contributed by atoms with Gasteiger partial charge < -0.3 is 5.11 Å². The first-order chi connectivity index (χ1) is 7.66. The molecule has 0 atom stereocenters. The minimum Gasteiger partial charge on any atom is -0.508 e. The van der Waals surface area contributed by atoms with Gasteiger partial charge in [-0.25, -0.2) is 0 Å². The number of halogens is 1. The van der Waals surface area contributed by atoms with Gasteiger partial charge in [-0.3, -0.25) is 0 Å². The van der Waals surface area contributed by atoms with Crippen LogP contribution in [0.15, 0.2) is 46.9 Å². The number of aromatic hydroxyl groups is 1. The number of rotatable bonds is 2. The third-order valence-electron chi connectivity index (χ3n) is 2.57. The van der Waals surface area contributed by atoms with Crippen LogP contribution in [-0.2, 0) is 6.42 Å². The Hall–Kier alpha value is -1.28. The van der Waals surface area contributed by atoms with E-state index in [0.717, 1.165) is 16.5 Å². The van der Waals surface area contributed by atoms with E-state index in [0.29, 0.717) is 5.75 Å². The number of phenolic OH excluding ortho intramolecular Hbond substituents is 1. The van der Waals surface area contributed by atoms with E-state index >= 15 is 0 Å². The predicted molar refractivity (Wildman–Crippen MR) is 69.8 cm³/mol. The van der Waals surface area contributed by atoms with Crippen LogP contribution in [0.2, 0.25) is 0 Å². The summed E-state index contributed by atoms with van der Waals surface area (Å²) in [5.74, 6) is 0.362. The molecule has 0 unspecified atom stereocenters. The SMILES string of the molecule is Cc1ccc(O)c(Cc2ccccc2Br)c1. The van der Waals surface area contributed by atoms with E-state index < -0.39 is 0 Å². The second-order valence-corrected chi connectivity index (χ2v) is 4.75. The third kappa shape index (κ3) is 2.45. The molecule has 0 saturated carbocycles. The zero-order valence-corrected chi connectivity index (χ0v) is 10.7. The Bertz CT molecular complexity index is 506. The van der Waals surface area contributed by atoms with Crippen molar-refractivity contribution in [3.63, 3.8) is 0 Å². The Morgan fingerprint density at radius 2 is 1.81 bits per heavy atom. The van der Waals surface area contributed by atoms with Crippen LogP contribution in [0.3, 0.4) is 0 Å². The van der Waals surface area contributed by atoms with Gasteiger partial charge in [-0.15, -0.1) is 0 Å². The van der Waals surface area contributed by atoms with Crippen molar-refractivity contribution in [2.24, 2.45) is 0 Å². The van der Waals surface area contributed by atoms with Crippen LogP contribution in [0.1, 0.15) is 16.7 Å². The first-order valence-corrected chi connectivity index (χ1v) is 5.98. The Balaban J connectivity index is 2.34. The summed E-state index contributed by atoms with van der Waals surface area (Å²) in [7, 11) is 0. The summed E-state index contributed by atoms with van der Waals surface area (Å²) in [6.45, 7) is 2.03. The lowest BCUT2D eigenvalue weighted by molar-refractivity contribution is 0.469. The van der Waals surface area contributed by atoms with Gasteiger partial charge >= 0.3 is 0 Å². The van der Waals surface area contributed by atoms with Crippen LogP contribution < -0.4 is 0 Å². The lowest BCUT2D eigenvalue weighted by atomic mass is 10.0. The van der Waals surface area contributed by atoms with E-state index in [1.54, 1.807) is 6.07 Å². The average Bonchev–Trinajstić information content (AvgIpc) is 2.27. The molecule has 16 heavy (non-hydrogen) atoms. The molecule has 2 aromatic rings. The van der Waals surface area contributed by atoms with E-state index in [4.69, 9.17) is 0 Å². The molecule has 0 saturated heterocycles. The molecule has 0 aliphatic carbocycles. The molecule has 0 radical (unpaired) electrons. The Kier molecular flexibility index (Phi) is 3.30. The molecule has 1 nitrogen and oxygen atoms in total. The lowest BCUT2D eigenvalue weighted by Crippen LogP contribution is -1.91. The molecule has 0 spiro atoms. The van der Waals surface area contributed by atoms with Crippen molar-refractivity contribution < 1.29 is 5.11 Å². The maximum atomic E-state index is 9.77. The van der Waals surface area contributed by atoms with Gasteiger partial charge in [0, 0.05) is 10.9 Å². The fraction of sp³-hybridized carbons (Fsp3) is 0.143. The van der Waals surface area contributed by atoms with Crippen LogP contribution >= 0.6 is 15.9 Å². The van der Waals surface area contributed by atoms with Crippen molar-refractivity contribution in [2.75, 3.05) is 0 Å². The Morgan fingerprint density at radius 3 is 2.56 bits per heavy atom. The van der Waals surface area contributed by atoms with Gasteiger partial charge in [0.25, 0.3) is 0 Å². The molecule has 2 rings (SSSR count). The molecule has 2 aromatic carbocycles. The molecular formula is C14H13BrO. The van der Waals surface area contributed by atoms with E-state index in [1.807, 2.05) is 37.3 Å². The first kappa shape index (κ1) is 11.2. The molecule has 0 heterocycles. The third-order valence-corrected chi connectivity index (χ3v) is 3.35. The summed E-state index contributed by atoms with van der Waals surface area (Å²) >= 11 is 3.52. The number of hydrogen-bond donors (Lipinski definition) is 1. The molecule has 0 fully saturated rings. The maximum Gasteiger partial charge on any atom is 0.119 e. The van der Waals surface area contributed by atoms with Crippen molar-refractivity contribution in [3.05, 3.63) is 63.6 Å². The van der Waals surface area contributed by atoms with Gasteiger partial charge in [0.05, 0.1) is 0 Å². The number of benzene rings is 2. The summed E-state index contributed by atoms with van der Waals surface area (Å²) in [6.07, 6.45) is 0.745. The largest absolute Gasteiger partial charge is 0.508 e. The topological polar surface area (TPSA) is 20.2 Å². The summed E-state index contributed by atoms with van der Waals surface area (Å²) in [6, 6.07) is 13.8. The normalized spacial score (nSPS) is 10.4. The standard InChI is InChI=1S/C14H13BrO/c1-10-6-7-14(16)12(8-10)9-11-4-2-3-5-13(11)15/h2-8,16H,9H2,1H3. The van der Waals surface area contributed by atoms with E-state index in [-0.39, 0.29) is 0 Å². The highest BCUT2D eigenvalue weighted by Crippen LogP contribution is 2.25. The summed E-state index contributed by atoms with van der Waals surface area (Å²) < 4.78 is 1.08. The highest BCUT2D eigenvalue weighted by molar-refractivity contribution is 9.10. The molecule has 2 heteroatoms. The van der Waals surface area contributed by atoms with Crippen molar-refractivity contribution in [2.45, 2.75) is 13.3 Å². The van der Waals surface area contributed by atoms with E-state index in [2.05, 4.69) is 22.0 Å². The first-order valence-electron chi connectivity index (χ1n) is 5.19. The quantitative estimate of drug-likeness (QED) is 0.877. The molecule has 0 aliphatic rings. The predicted octanol–water partition coefficient (Wildman–Crippen LogP) is 4.05. The molecule has 0 aromatic heterocycles. The van der Waals surface area contributed by atoms with Crippen LogP contribution in [0.5, 0.6) is 5.75 Å². The molecule has 0 bridgehead atoms. The van der Waals surface area contributed by atoms with Gasteiger partial charge in [0.2, 0.25) is 0 Å². The van der Waals surface area contributed by atoms with Gasteiger partial charge in [0.1, 0.15) is 5.75 Å². The second kappa shape index (κ2) is 4.71. The van der Waals surface area contributed by atoms with Crippen LogP contribution in [-0.4, -0.2) is 5.11 Å². The van der Waals surface area contributed by atoms with Gasteiger partial charge in [-0.1, -0.05) is 51.8 Å². The van der Waals surface area contributed by atoms with Crippen molar-refractivity contribution in [1.29, 1.82) is 0 Å². The average molecular weight is 277 g/mol. The van der Waals surface area contributed by atoms with Gasteiger partial charge in [0.15, 0.2) is 0 Å². The molecular weight excluding hydrogens is 264 g/mol. The fourth-order valence-electron chi connectivity index (χ4n) is 1.70. The molecule has 1 N–H and O–H groups in total. The second-order valence-electron chi connectivity index (χ2n) is 3.90. The summed E-state index contributed by atoms with van der Waals surface area (Å²) in [5.41, 5.74) is 3.31.